The molecule has 2 aromatic rings. The number of carbonyl (C=O) groups excluding carboxylic acids is 2. The summed E-state index contributed by atoms with van der Waals surface area (Å²) < 4.78 is 9.60. The van der Waals surface area contributed by atoms with Crippen LogP contribution in [0.2, 0.25) is 0 Å². The highest BCUT2D eigenvalue weighted by atomic mass is 16.6. The second kappa shape index (κ2) is 7.38. The molecule has 0 radical (unpaired) electrons. The summed E-state index contributed by atoms with van der Waals surface area (Å²) in [5.74, 6) is -1.45. The Hall–Kier alpha value is -3.82. The van der Waals surface area contributed by atoms with Gasteiger partial charge >= 0.3 is 11.9 Å². The number of esters is 2. The van der Waals surface area contributed by atoms with Crippen LogP contribution >= 0.6 is 0 Å². The van der Waals surface area contributed by atoms with E-state index in [-0.39, 0.29) is 22.6 Å². The van der Waals surface area contributed by atoms with Crippen LogP contribution in [0.5, 0.6) is 11.5 Å². The summed E-state index contributed by atoms with van der Waals surface area (Å²) in [6.45, 7) is 2.27. The average molecular weight is 360 g/mol. The van der Waals surface area contributed by atoms with E-state index >= 15 is 0 Å². The number of rotatable bonds is 5. The average Bonchev–Trinajstić information content (AvgIpc) is 2.53. The van der Waals surface area contributed by atoms with Gasteiger partial charge < -0.3 is 9.47 Å². The third-order valence-electron chi connectivity index (χ3n) is 3.15. The Kier molecular flexibility index (Phi) is 5.26. The van der Waals surface area contributed by atoms with Crippen LogP contribution < -0.4 is 9.47 Å². The third kappa shape index (κ3) is 4.17. The Morgan fingerprint density at radius 3 is 1.38 bits per heavy atom. The third-order valence-corrected chi connectivity index (χ3v) is 3.15. The molecule has 0 saturated carbocycles. The predicted octanol–water partition coefficient (Wildman–Crippen LogP) is 3.02. The number of nitrogens with zero attached hydrogens (tertiary/aromatic N) is 2. The fourth-order valence-corrected chi connectivity index (χ4v) is 2.24. The van der Waals surface area contributed by atoms with E-state index in [1.165, 1.54) is 24.3 Å². The highest BCUT2D eigenvalue weighted by molar-refractivity contribution is 5.83. The lowest BCUT2D eigenvalue weighted by Crippen LogP contribution is -2.04. The number of benzene rings is 2. The van der Waals surface area contributed by atoms with Gasteiger partial charge in [-0.1, -0.05) is 0 Å². The molecule has 0 aliphatic heterocycles. The lowest BCUT2D eigenvalue weighted by molar-refractivity contribution is -0.386. The zero-order valence-corrected chi connectivity index (χ0v) is 13.6. The Labute approximate surface area is 146 Å². The molecule has 2 rings (SSSR count). The summed E-state index contributed by atoms with van der Waals surface area (Å²) in [4.78, 5) is 43.2. The fourth-order valence-electron chi connectivity index (χ4n) is 2.24. The first-order valence-corrected chi connectivity index (χ1v) is 7.13. The summed E-state index contributed by atoms with van der Waals surface area (Å²) in [7, 11) is 0. The molecular formula is C16H12N2O8. The van der Waals surface area contributed by atoms with Crippen molar-refractivity contribution in [1.82, 2.24) is 0 Å². The standard InChI is InChI=1S/C16H12N2O8/c1-9(19)25-11-3-5-13(15(7-11)17(21)22)14-6-4-12(26-10(2)20)8-16(14)18(23)24/h3-8H,1-2H3. The topological polar surface area (TPSA) is 139 Å². The van der Waals surface area contributed by atoms with Crippen LogP contribution in [0.4, 0.5) is 11.4 Å². The number of nitro benzene ring substituents is 2. The van der Waals surface area contributed by atoms with E-state index in [0.717, 1.165) is 26.0 Å². The van der Waals surface area contributed by atoms with Crippen molar-refractivity contribution in [3.8, 4) is 22.6 Å². The van der Waals surface area contributed by atoms with E-state index in [2.05, 4.69) is 0 Å². The first-order valence-electron chi connectivity index (χ1n) is 7.13. The monoisotopic (exact) mass is 360 g/mol. The van der Waals surface area contributed by atoms with Gasteiger partial charge in [-0.15, -0.1) is 0 Å². The van der Waals surface area contributed by atoms with Crippen LogP contribution in [0.3, 0.4) is 0 Å². The molecule has 10 nitrogen and oxygen atoms in total. The van der Waals surface area contributed by atoms with Crippen LogP contribution in [0, 0.1) is 20.2 Å². The van der Waals surface area contributed by atoms with Gasteiger partial charge in [0.25, 0.3) is 11.4 Å². The highest BCUT2D eigenvalue weighted by Crippen LogP contribution is 2.39. The molecule has 0 spiro atoms. The second-order valence-corrected chi connectivity index (χ2v) is 5.06. The van der Waals surface area contributed by atoms with Gasteiger partial charge in [0, 0.05) is 13.8 Å². The normalized spacial score (nSPS) is 10.1. The molecule has 0 fully saturated rings. The van der Waals surface area contributed by atoms with Crippen molar-refractivity contribution >= 4 is 23.3 Å². The molecule has 2 aromatic carbocycles. The Morgan fingerprint density at radius 1 is 0.769 bits per heavy atom. The number of hydrogen-bond acceptors (Lipinski definition) is 8. The minimum Gasteiger partial charge on any atom is -0.426 e. The molecule has 0 aliphatic rings. The van der Waals surface area contributed by atoms with E-state index in [1.54, 1.807) is 0 Å². The van der Waals surface area contributed by atoms with E-state index in [4.69, 9.17) is 9.47 Å². The largest absolute Gasteiger partial charge is 0.426 e. The number of nitro groups is 2. The molecule has 10 heteroatoms. The Bertz CT molecular complexity index is 847. The first kappa shape index (κ1) is 18.5. The van der Waals surface area contributed by atoms with Crippen LogP contribution in [0.1, 0.15) is 13.8 Å². The zero-order chi connectivity index (χ0) is 19.4. The molecule has 0 N–H and O–H groups in total. The summed E-state index contributed by atoms with van der Waals surface area (Å²) in [6.07, 6.45) is 0. The number of carbonyl (C=O) groups is 2. The summed E-state index contributed by atoms with van der Waals surface area (Å²) >= 11 is 0. The minimum absolute atomic E-state index is 0.0491. The summed E-state index contributed by atoms with van der Waals surface area (Å²) in [5.41, 5.74) is -1.06. The van der Waals surface area contributed by atoms with Crippen molar-refractivity contribution in [3.05, 3.63) is 56.6 Å². The van der Waals surface area contributed by atoms with E-state index in [9.17, 15) is 29.8 Å². The van der Waals surface area contributed by atoms with Gasteiger partial charge in [0.05, 0.1) is 33.1 Å². The fraction of sp³-hybridized carbons (Fsp3) is 0.125. The molecule has 0 amide bonds. The van der Waals surface area contributed by atoms with Gasteiger partial charge in [0.2, 0.25) is 0 Å². The Morgan fingerprint density at radius 2 is 1.12 bits per heavy atom. The molecular weight excluding hydrogens is 348 g/mol. The van der Waals surface area contributed by atoms with Crippen molar-refractivity contribution in [2.75, 3.05) is 0 Å². The molecule has 0 atom stereocenters. The quantitative estimate of drug-likeness (QED) is 0.343. The minimum atomic E-state index is -0.744. The molecule has 134 valence electrons. The maximum absolute atomic E-state index is 11.4. The molecule has 0 unspecified atom stereocenters. The van der Waals surface area contributed by atoms with Crippen molar-refractivity contribution < 1.29 is 28.9 Å². The molecule has 0 aromatic heterocycles. The predicted molar refractivity (Wildman–Crippen MR) is 87.8 cm³/mol. The van der Waals surface area contributed by atoms with Crippen molar-refractivity contribution in [1.29, 1.82) is 0 Å². The maximum Gasteiger partial charge on any atom is 0.308 e. The van der Waals surface area contributed by atoms with E-state index < -0.39 is 33.2 Å². The van der Waals surface area contributed by atoms with Crippen LogP contribution in [-0.4, -0.2) is 21.8 Å². The molecule has 26 heavy (non-hydrogen) atoms. The van der Waals surface area contributed by atoms with Gasteiger partial charge in [0.1, 0.15) is 11.5 Å². The molecule has 0 heterocycles. The summed E-state index contributed by atoms with van der Waals surface area (Å²) in [5, 5.41) is 22.7. The van der Waals surface area contributed by atoms with Gasteiger partial charge in [-0.05, 0) is 24.3 Å². The van der Waals surface area contributed by atoms with Crippen LogP contribution in [-0.2, 0) is 9.59 Å². The molecule has 0 aliphatic carbocycles. The van der Waals surface area contributed by atoms with Crippen molar-refractivity contribution in [2.24, 2.45) is 0 Å². The van der Waals surface area contributed by atoms with E-state index in [0.29, 0.717) is 0 Å². The van der Waals surface area contributed by atoms with Gasteiger partial charge in [-0.2, -0.15) is 0 Å². The van der Waals surface area contributed by atoms with Crippen LogP contribution in [0.15, 0.2) is 36.4 Å². The Balaban J connectivity index is 2.62. The van der Waals surface area contributed by atoms with Crippen molar-refractivity contribution in [3.63, 3.8) is 0 Å². The lowest BCUT2D eigenvalue weighted by atomic mass is 10.0. The van der Waals surface area contributed by atoms with Gasteiger partial charge in [0.15, 0.2) is 0 Å². The second-order valence-electron chi connectivity index (χ2n) is 5.06. The number of hydrogen-bond donors (Lipinski definition) is 0. The molecule has 0 bridgehead atoms. The van der Waals surface area contributed by atoms with E-state index in [1.807, 2.05) is 0 Å². The first-order chi connectivity index (χ1) is 12.2. The van der Waals surface area contributed by atoms with Crippen molar-refractivity contribution in [2.45, 2.75) is 13.8 Å². The lowest BCUT2D eigenvalue weighted by Gasteiger charge is -2.08. The summed E-state index contributed by atoms with van der Waals surface area (Å²) in [6, 6.07) is 7.05. The van der Waals surface area contributed by atoms with Crippen LogP contribution in [0.25, 0.3) is 11.1 Å². The maximum atomic E-state index is 11.4. The smallest absolute Gasteiger partial charge is 0.308 e. The van der Waals surface area contributed by atoms with Gasteiger partial charge in [-0.25, -0.2) is 0 Å². The number of ether oxygens (including phenoxy) is 2. The van der Waals surface area contributed by atoms with Gasteiger partial charge in [-0.3, -0.25) is 29.8 Å². The highest BCUT2D eigenvalue weighted by Gasteiger charge is 2.25. The zero-order valence-electron chi connectivity index (χ0n) is 13.6. The molecule has 0 saturated heterocycles. The SMILES string of the molecule is CC(=O)Oc1ccc(-c2ccc(OC(C)=O)cc2[N+](=O)[O-])c([N+](=O)[O-])c1.